The molecule has 3 saturated carbocycles. The Morgan fingerprint density at radius 3 is 1.21 bits per heavy atom. The van der Waals surface area contributed by atoms with Crippen molar-refractivity contribution in [2.75, 3.05) is 0 Å². The molecule has 0 aromatic heterocycles. The minimum Gasteiger partial charge on any atom is -0.387 e. The Morgan fingerprint density at radius 1 is 0.500 bits per heavy atom. The maximum absolute atomic E-state index is 10.6. The van der Waals surface area contributed by atoms with Crippen LogP contribution in [-0.2, 0) is 18.9 Å². The molecule has 2 aliphatic heterocycles. The van der Waals surface area contributed by atoms with Gasteiger partial charge in [-0.15, -0.1) is 0 Å². The first-order valence-corrected chi connectivity index (χ1v) is 9.69. The molecule has 2 unspecified atom stereocenters. The predicted octanol–water partition coefficient (Wildman–Crippen LogP) is 1.61. The van der Waals surface area contributed by atoms with Crippen LogP contribution < -0.4 is 0 Å². The summed E-state index contributed by atoms with van der Waals surface area (Å²) in [5.41, 5.74) is 0. The minimum absolute atomic E-state index is 0.354. The Morgan fingerprint density at radius 2 is 0.833 bits per heavy atom. The highest BCUT2D eigenvalue weighted by Gasteiger charge is 2.65. The topological polar surface area (TPSA) is 77.4 Å². The summed E-state index contributed by atoms with van der Waals surface area (Å²) in [7, 11) is 0. The molecule has 6 nitrogen and oxygen atoms in total. The molecule has 0 radical (unpaired) electrons. The summed E-state index contributed by atoms with van der Waals surface area (Å²) >= 11 is 0. The summed E-state index contributed by atoms with van der Waals surface area (Å²) in [6.45, 7) is 0. The minimum atomic E-state index is -0.986. The average Bonchev–Trinajstić information content (AvgIpc) is 3.14. The zero-order valence-corrected chi connectivity index (χ0v) is 14.1. The molecule has 6 heteroatoms. The number of rotatable bonds is 0. The van der Waals surface area contributed by atoms with Gasteiger partial charge in [0.2, 0.25) is 0 Å². The lowest BCUT2D eigenvalue weighted by atomic mass is 9.85. The molecule has 24 heavy (non-hydrogen) atoms. The van der Waals surface area contributed by atoms with Crippen LogP contribution in [0.1, 0.15) is 64.2 Å². The Hall–Kier alpha value is -0.240. The second-order valence-electron chi connectivity index (χ2n) is 8.25. The van der Waals surface area contributed by atoms with E-state index in [1.165, 1.54) is 12.8 Å². The molecule has 0 aromatic carbocycles. The van der Waals surface area contributed by atoms with Crippen LogP contribution in [-0.4, -0.2) is 58.4 Å². The molecular weight excluding hydrogens is 312 g/mol. The maximum atomic E-state index is 10.6. The Bertz CT molecular complexity index is 440. The summed E-state index contributed by atoms with van der Waals surface area (Å²) in [5.74, 6) is -1.20. The van der Waals surface area contributed by atoms with E-state index in [-0.39, 0.29) is 12.2 Å². The summed E-state index contributed by atoms with van der Waals surface area (Å²) in [4.78, 5) is 0. The zero-order valence-electron chi connectivity index (χ0n) is 14.1. The Balaban J connectivity index is 1.42. The molecule has 136 valence electrons. The highest BCUT2D eigenvalue weighted by atomic mass is 16.8. The van der Waals surface area contributed by atoms with Crippen LogP contribution >= 0.6 is 0 Å². The second kappa shape index (κ2) is 5.63. The zero-order chi connectivity index (χ0) is 16.4. The molecule has 5 fully saturated rings. The van der Waals surface area contributed by atoms with E-state index < -0.39 is 36.0 Å². The van der Waals surface area contributed by atoms with Gasteiger partial charge in [0.05, 0.1) is 0 Å². The first kappa shape index (κ1) is 16.0. The van der Waals surface area contributed by atoms with Crippen LogP contribution in [0.5, 0.6) is 0 Å². The summed E-state index contributed by atoms with van der Waals surface area (Å²) in [6, 6.07) is 0. The third kappa shape index (κ3) is 2.31. The van der Waals surface area contributed by atoms with Gasteiger partial charge in [-0.05, 0) is 25.7 Å². The smallest absolute Gasteiger partial charge is 0.169 e. The van der Waals surface area contributed by atoms with Crippen LogP contribution in [0, 0.1) is 0 Å². The molecule has 3 aliphatic carbocycles. The fraction of sp³-hybridized carbons (Fsp3) is 1.00. The third-order valence-electron chi connectivity index (χ3n) is 6.63. The molecule has 0 amide bonds. The monoisotopic (exact) mass is 340 g/mol. The van der Waals surface area contributed by atoms with E-state index in [9.17, 15) is 10.2 Å². The lowest BCUT2D eigenvalue weighted by Gasteiger charge is -2.38. The van der Waals surface area contributed by atoms with E-state index in [1.54, 1.807) is 0 Å². The molecular formula is C18H28O6. The van der Waals surface area contributed by atoms with Gasteiger partial charge >= 0.3 is 0 Å². The van der Waals surface area contributed by atoms with Crippen molar-refractivity contribution in [1.82, 2.24) is 0 Å². The molecule has 5 aliphatic rings. The first-order chi connectivity index (χ1) is 11.6. The van der Waals surface area contributed by atoms with Crippen LogP contribution in [0.3, 0.4) is 0 Å². The molecule has 6 atom stereocenters. The van der Waals surface area contributed by atoms with Crippen molar-refractivity contribution in [2.45, 2.75) is 112 Å². The van der Waals surface area contributed by atoms with Crippen molar-refractivity contribution in [2.24, 2.45) is 0 Å². The van der Waals surface area contributed by atoms with Gasteiger partial charge in [0.25, 0.3) is 0 Å². The standard InChI is InChI=1S/C18H28O6/c19-11-12(20)14-16(24-18(22-14)9-5-2-6-10-18)15-13(11)21-17(23-15)7-3-1-4-8-17/h11-16,19-20H,1-10H2/t11?,12?,13-,14+,15-,16-/m1/s1. The largest absolute Gasteiger partial charge is 0.387 e. The van der Waals surface area contributed by atoms with Crippen molar-refractivity contribution in [1.29, 1.82) is 0 Å². The number of hydrogen-bond acceptors (Lipinski definition) is 6. The summed E-state index contributed by atoms with van der Waals surface area (Å²) in [6.07, 6.45) is 6.38. The van der Waals surface area contributed by atoms with Crippen LogP contribution in [0.2, 0.25) is 0 Å². The predicted molar refractivity (Wildman–Crippen MR) is 83.1 cm³/mol. The van der Waals surface area contributed by atoms with Crippen LogP contribution in [0.4, 0.5) is 0 Å². The van der Waals surface area contributed by atoms with Crippen LogP contribution in [0.15, 0.2) is 0 Å². The van der Waals surface area contributed by atoms with E-state index in [0.29, 0.717) is 0 Å². The van der Waals surface area contributed by atoms with Crippen molar-refractivity contribution in [3.63, 3.8) is 0 Å². The third-order valence-corrected chi connectivity index (χ3v) is 6.63. The number of aliphatic hydroxyl groups is 2. The normalized spacial score (nSPS) is 49.2. The van der Waals surface area contributed by atoms with Gasteiger partial charge in [-0.2, -0.15) is 0 Å². The quantitative estimate of drug-likeness (QED) is 0.698. The maximum Gasteiger partial charge on any atom is 0.169 e. The molecule has 0 aromatic rings. The van der Waals surface area contributed by atoms with Crippen molar-refractivity contribution >= 4 is 0 Å². The Labute approximate surface area is 142 Å². The van der Waals surface area contributed by atoms with E-state index in [1.807, 2.05) is 0 Å². The summed E-state index contributed by atoms with van der Waals surface area (Å²) < 4.78 is 25.1. The van der Waals surface area contributed by atoms with Gasteiger partial charge in [0, 0.05) is 25.7 Å². The van der Waals surface area contributed by atoms with Crippen molar-refractivity contribution in [3.05, 3.63) is 0 Å². The fourth-order valence-electron chi connectivity index (χ4n) is 5.39. The van der Waals surface area contributed by atoms with Gasteiger partial charge in [-0.25, -0.2) is 0 Å². The molecule has 2 spiro atoms. The molecule has 2 saturated heterocycles. The number of ether oxygens (including phenoxy) is 4. The SMILES string of the molecule is OC1C(O)[C@@H]2OC3(CCCCC3)O[C@H]2[C@@H]2OC3(CCCCC3)O[C@H]12. The van der Waals surface area contributed by atoms with E-state index in [0.717, 1.165) is 51.4 Å². The number of fused-ring (bicyclic) bond motifs is 3. The van der Waals surface area contributed by atoms with Gasteiger partial charge < -0.3 is 29.2 Å². The first-order valence-electron chi connectivity index (χ1n) is 9.69. The van der Waals surface area contributed by atoms with Gasteiger partial charge in [-0.1, -0.05) is 12.8 Å². The Kier molecular flexibility index (Phi) is 3.75. The fourth-order valence-corrected chi connectivity index (χ4v) is 5.39. The van der Waals surface area contributed by atoms with Gasteiger partial charge in [0.15, 0.2) is 11.6 Å². The van der Waals surface area contributed by atoms with E-state index in [2.05, 4.69) is 0 Å². The van der Waals surface area contributed by atoms with Crippen molar-refractivity contribution in [3.8, 4) is 0 Å². The molecule has 0 bridgehead atoms. The molecule has 2 heterocycles. The lowest BCUT2D eigenvalue weighted by Crippen LogP contribution is -2.61. The number of aliphatic hydroxyl groups excluding tert-OH is 2. The lowest BCUT2D eigenvalue weighted by molar-refractivity contribution is -0.224. The van der Waals surface area contributed by atoms with Gasteiger partial charge in [-0.3, -0.25) is 0 Å². The summed E-state index contributed by atoms with van der Waals surface area (Å²) in [5, 5.41) is 21.2. The molecule has 5 rings (SSSR count). The second-order valence-corrected chi connectivity index (χ2v) is 8.25. The van der Waals surface area contributed by atoms with Gasteiger partial charge in [0.1, 0.15) is 36.6 Å². The number of hydrogen-bond donors (Lipinski definition) is 2. The highest BCUT2D eigenvalue weighted by molar-refractivity contribution is 5.09. The van der Waals surface area contributed by atoms with Crippen molar-refractivity contribution < 1.29 is 29.2 Å². The van der Waals surface area contributed by atoms with E-state index in [4.69, 9.17) is 18.9 Å². The average molecular weight is 340 g/mol. The highest BCUT2D eigenvalue weighted by Crippen LogP contribution is 2.51. The van der Waals surface area contributed by atoms with Crippen LogP contribution in [0.25, 0.3) is 0 Å². The molecule has 2 N–H and O–H groups in total. The van der Waals surface area contributed by atoms with E-state index >= 15 is 0 Å².